The number of aryl methyl sites for hydroxylation is 2. The van der Waals surface area contributed by atoms with E-state index in [1.54, 1.807) is 21.1 Å². The van der Waals surface area contributed by atoms with Gasteiger partial charge in [0.2, 0.25) is 6.41 Å². The van der Waals surface area contributed by atoms with Crippen LogP contribution >= 0.6 is 0 Å². The Hall–Kier alpha value is -4.50. The second-order valence-corrected chi connectivity index (χ2v) is 9.48. The summed E-state index contributed by atoms with van der Waals surface area (Å²) in [4.78, 5) is 22.4. The topological polar surface area (TPSA) is 119 Å². The molecule has 1 saturated heterocycles. The highest BCUT2D eigenvalue weighted by molar-refractivity contribution is 5.88. The van der Waals surface area contributed by atoms with Crippen molar-refractivity contribution in [2.45, 2.75) is 32.8 Å². The Balaban J connectivity index is 0.000000194. The van der Waals surface area contributed by atoms with Gasteiger partial charge in [-0.25, -0.2) is 4.79 Å². The molecular formula is C31H34N2O7. The monoisotopic (exact) mass is 546 g/mol. The zero-order valence-electron chi connectivity index (χ0n) is 23.1. The highest BCUT2D eigenvalue weighted by atomic mass is 16.5. The average molecular weight is 547 g/mol. The predicted molar refractivity (Wildman–Crippen MR) is 155 cm³/mol. The number of ether oxygens (including phenoxy) is 3. The first-order chi connectivity index (χ1) is 19.3. The lowest BCUT2D eigenvalue weighted by Gasteiger charge is -2.25. The third kappa shape index (κ3) is 6.55. The minimum Gasteiger partial charge on any atom is -0.504 e. The van der Waals surface area contributed by atoms with Crippen LogP contribution in [0.5, 0.6) is 23.0 Å². The molecular weight excluding hydrogens is 512 g/mol. The first-order valence-corrected chi connectivity index (χ1v) is 13.0. The third-order valence-electron chi connectivity index (χ3n) is 6.70. The van der Waals surface area contributed by atoms with Gasteiger partial charge in [0.15, 0.2) is 11.5 Å². The lowest BCUT2D eigenvalue weighted by Crippen LogP contribution is -2.34. The summed E-state index contributed by atoms with van der Waals surface area (Å²) < 4.78 is 21.8. The Morgan fingerprint density at radius 2 is 1.80 bits per heavy atom. The number of hydrogen-bond acceptors (Lipinski definition) is 8. The maximum Gasteiger partial charge on any atom is 0.360 e. The molecule has 0 radical (unpaired) electrons. The van der Waals surface area contributed by atoms with E-state index in [0.717, 1.165) is 48.6 Å². The van der Waals surface area contributed by atoms with Crippen LogP contribution in [-0.4, -0.2) is 44.9 Å². The summed E-state index contributed by atoms with van der Waals surface area (Å²) in [7, 11) is 3.36. The normalized spacial score (nSPS) is 13.2. The molecule has 1 aliphatic rings. The molecule has 0 atom stereocenters. The van der Waals surface area contributed by atoms with Crippen molar-refractivity contribution in [1.82, 2.24) is 5.32 Å². The van der Waals surface area contributed by atoms with Gasteiger partial charge in [0, 0.05) is 16.5 Å². The quantitative estimate of drug-likeness (QED) is 0.214. The van der Waals surface area contributed by atoms with Gasteiger partial charge in [-0.2, -0.15) is 0 Å². The van der Waals surface area contributed by atoms with Gasteiger partial charge in [0.1, 0.15) is 28.9 Å². The third-order valence-corrected chi connectivity index (χ3v) is 6.70. The molecule has 9 nitrogen and oxygen atoms in total. The smallest absolute Gasteiger partial charge is 0.360 e. The van der Waals surface area contributed by atoms with Crippen LogP contribution < -0.4 is 30.5 Å². The molecule has 0 saturated carbocycles. The summed E-state index contributed by atoms with van der Waals surface area (Å²) in [6.07, 6.45) is 2.12. The summed E-state index contributed by atoms with van der Waals surface area (Å²) in [5, 5.41) is 16.3. The molecule has 1 amide bonds. The van der Waals surface area contributed by atoms with Gasteiger partial charge in [-0.05, 0) is 81.7 Å². The molecule has 5 rings (SSSR count). The number of nitrogens with one attached hydrogen (secondary N) is 2. The Kier molecular flexibility index (Phi) is 9.29. The van der Waals surface area contributed by atoms with E-state index in [2.05, 4.69) is 29.7 Å². The Labute approximate surface area is 232 Å². The fourth-order valence-corrected chi connectivity index (χ4v) is 4.63. The fourth-order valence-electron chi connectivity index (χ4n) is 4.63. The van der Waals surface area contributed by atoms with Crippen LogP contribution in [0.2, 0.25) is 0 Å². The lowest BCUT2D eigenvalue weighted by molar-refractivity contribution is -0.105. The van der Waals surface area contributed by atoms with Crippen molar-refractivity contribution in [2.24, 2.45) is 0 Å². The number of hydrogen-bond donors (Lipinski definition) is 3. The predicted octanol–water partition coefficient (Wildman–Crippen LogP) is 5.19. The summed E-state index contributed by atoms with van der Waals surface area (Å²) in [5.74, 6) is 2.05. The number of fused-ring (bicyclic) bond motifs is 1. The van der Waals surface area contributed by atoms with E-state index in [9.17, 15) is 14.7 Å². The molecule has 210 valence electrons. The van der Waals surface area contributed by atoms with Crippen LogP contribution in [0.3, 0.4) is 0 Å². The molecule has 1 aromatic heterocycles. The second kappa shape index (κ2) is 13.0. The molecule has 2 heterocycles. The van der Waals surface area contributed by atoms with Gasteiger partial charge in [0.25, 0.3) is 0 Å². The van der Waals surface area contributed by atoms with E-state index >= 15 is 0 Å². The van der Waals surface area contributed by atoms with E-state index in [0.29, 0.717) is 28.7 Å². The number of anilines is 1. The number of amides is 1. The molecule has 3 aromatic carbocycles. The molecule has 9 heteroatoms. The van der Waals surface area contributed by atoms with Crippen molar-refractivity contribution in [1.29, 1.82) is 0 Å². The minimum absolute atomic E-state index is 0.0144. The van der Waals surface area contributed by atoms with Crippen LogP contribution in [0.4, 0.5) is 5.69 Å². The van der Waals surface area contributed by atoms with E-state index in [1.807, 2.05) is 30.3 Å². The number of piperidine rings is 1. The number of aromatic hydroxyl groups is 1. The SMILES string of the molecule is COc1cccc(-c2cc(C)ccc2OC)c1.Cc1c(OC2CCNCC2)c(O)cc2cc(NC=O)c(=O)oc12. The van der Waals surface area contributed by atoms with E-state index in [1.165, 1.54) is 17.7 Å². The zero-order chi connectivity index (χ0) is 28.6. The van der Waals surface area contributed by atoms with Crippen molar-refractivity contribution < 1.29 is 28.5 Å². The Bertz CT molecular complexity index is 1540. The average Bonchev–Trinajstić information content (AvgIpc) is 2.97. The van der Waals surface area contributed by atoms with Crippen molar-refractivity contribution in [2.75, 3.05) is 32.6 Å². The first-order valence-electron chi connectivity index (χ1n) is 13.0. The molecule has 0 bridgehead atoms. The maximum absolute atomic E-state index is 11.9. The second-order valence-electron chi connectivity index (χ2n) is 9.48. The molecule has 0 aliphatic carbocycles. The highest BCUT2D eigenvalue weighted by Gasteiger charge is 2.20. The van der Waals surface area contributed by atoms with Gasteiger partial charge in [0.05, 0.1) is 14.2 Å². The number of rotatable bonds is 7. The van der Waals surface area contributed by atoms with Crippen LogP contribution in [0.25, 0.3) is 22.1 Å². The van der Waals surface area contributed by atoms with Gasteiger partial charge in [-0.3, -0.25) is 4.79 Å². The summed E-state index contributed by atoms with van der Waals surface area (Å²) in [6, 6.07) is 17.1. The first kappa shape index (κ1) is 28.5. The van der Waals surface area contributed by atoms with E-state index in [-0.39, 0.29) is 17.5 Å². The largest absolute Gasteiger partial charge is 0.504 e. The Morgan fingerprint density at radius 1 is 1.02 bits per heavy atom. The number of methoxy groups -OCH3 is 2. The van der Waals surface area contributed by atoms with Crippen LogP contribution in [0, 0.1) is 13.8 Å². The number of carbonyl (C=O) groups excluding carboxylic acids is 1. The molecule has 1 aliphatic heterocycles. The minimum atomic E-state index is -0.647. The Morgan fingerprint density at radius 3 is 2.50 bits per heavy atom. The summed E-state index contributed by atoms with van der Waals surface area (Å²) in [6.45, 7) is 5.54. The number of benzene rings is 3. The zero-order valence-corrected chi connectivity index (χ0v) is 23.1. The van der Waals surface area contributed by atoms with Crippen molar-refractivity contribution in [3.8, 4) is 34.1 Å². The van der Waals surface area contributed by atoms with Gasteiger partial charge >= 0.3 is 5.63 Å². The summed E-state index contributed by atoms with van der Waals surface area (Å²) >= 11 is 0. The number of phenolic OH excluding ortho intramolecular Hbond substituents is 1. The molecule has 1 fully saturated rings. The number of phenols is 1. The van der Waals surface area contributed by atoms with Gasteiger partial charge in [-0.15, -0.1) is 0 Å². The van der Waals surface area contributed by atoms with Gasteiger partial charge < -0.3 is 34.4 Å². The molecule has 3 N–H and O–H groups in total. The van der Waals surface area contributed by atoms with Crippen molar-refractivity contribution in [3.05, 3.63) is 76.1 Å². The van der Waals surface area contributed by atoms with Crippen molar-refractivity contribution >= 4 is 23.1 Å². The molecule has 0 spiro atoms. The molecule has 0 unspecified atom stereocenters. The molecule has 4 aromatic rings. The van der Waals surface area contributed by atoms with Crippen LogP contribution in [0.1, 0.15) is 24.0 Å². The lowest BCUT2D eigenvalue weighted by atomic mass is 10.0. The maximum atomic E-state index is 11.9. The fraction of sp³-hybridized carbons (Fsp3) is 0.290. The van der Waals surface area contributed by atoms with Crippen LogP contribution in [-0.2, 0) is 4.79 Å². The van der Waals surface area contributed by atoms with Crippen LogP contribution in [0.15, 0.2) is 63.8 Å². The highest BCUT2D eigenvalue weighted by Crippen LogP contribution is 2.38. The van der Waals surface area contributed by atoms with Gasteiger partial charge in [-0.1, -0.05) is 23.8 Å². The molecule has 40 heavy (non-hydrogen) atoms. The van der Waals surface area contributed by atoms with E-state index in [4.69, 9.17) is 18.6 Å². The summed E-state index contributed by atoms with van der Waals surface area (Å²) in [5.41, 5.74) is 3.69. The standard InChI is InChI=1S/C16H18N2O5.C15H16O2/c1-9-14-10(6-12(18-8-19)16(21)23-14)7-13(20)15(9)22-11-2-4-17-5-3-11;1-11-7-8-15(17-3)14(9-11)12-5-4-6-13(10-12)16-2/h6-8,11,17,20H,2-5H2,1H3,(H,18,19);4-10H,1-3H3. The number of carbonyl (C=O) groups is 1. The van der Waals surface area contributed by atoms with Crippen molar-refractivity contribution in [3.63, 3.8) is 0 Å². The van der Waals surface area contributed by atoms with E-state index < -0.39 is 5.63 Å².